The lowest BCUT2D eigenvalue weighted by molar-refractivity contribution is -0.149. The van der Waals surface area contributed by atoms with E-state index in [1.54, 1.807) is 13.8 Å². The molecule has 118 valence electrons. The van der Waals surface area contributed by atoms with Crippen molar-refractivity contribution in [3.8, 4) is 0 Å². The number of hydrogen-bond donors (Lipinski definition) is 0. The van der Waals surface area contributed by atoms with Crippen molar-refractivity contribution in [2.75, 3.05) is 6.61 Å². The number of carbonyl (C=O) groups is 3. The summed E-state index contributed by atoms with van der Waals surface area (Å²) in [6, 6.07) is 8.01. The number of cyclic esters (lactones) is 2. The van der Waals surface area contributed by atoms with Gasteiger partial charge in [0.25, 0.3) is 0 Å². The van der Waals surface area contributed by atoms with Gasteiger partial charge in [0.2, 0.25) is 0 Å². The zero-order valence-corrected chi connectivity index (χ0v) is 12.7. The summed E-state index contributed by atoms with van der Waals surface area (Å²) in [6.45, 7) is 3.46. The van der Waals surface area contributed by atoms with E-state index in [0.717, 1.165) is 5.56 Å². The Hall–Kier alpha value is -2.37. The molecule has 2 atom stereocenters. The number of esters is 2. The summed E-state index contributed by atoms with van der Waals surface area (Å²) in [7, 11) is 0. The summed E-state index contributed by atoms with van der Waals surface area (Å²) in [5, 5.41) is 0. The molecular weight excluding hydrogens is 286 g/mol. The van der Waals surface area contributed by atoms with Crippen LogP contribution < -0.4 is 0 Å². The third-order valence-electron chi connectivity index (χ3n) is 3.60. The highest BCUT2D eigenvalue weighted by Crippen LogP contribution is 2.21. The predicted molar refractivity (Wildman–Crippen MR) is 78.0 cm³/mol. The van der Waals surface area contributed by atoms with E-state index in [0.29, 0.717) is 12.8 Å². The van der Waals surface area contributed by atoms with Crippen LogP contribution in [0.25, 0.3) is 0 Å². The van der Waals surface area contributed by atoms with Gasteiger partial charge in [-0.25, -0.2) is 14.4 Å². The van der Waals surface area contributed by atoms with Crippen molar-refractivity contribution < 1.29 is 23.9 Å². The molecule has 6 nitrogen and oxygen atoms in total. The molecule has 0 unspecified atom stereocenters. The Morgan fingerprint density at radius 2 is 2.00 bits per heavy atom. The van der Waals surface area contributed by atoms with E-state index in [1.165, 1.54) is 4.90 Å². The van der Waals surface area contributed by atoms with Crippen molar-refractivity contribution in [3.63, 3.8) is 0 Å². The SMILES string of the molecule is CCOC(=O)[C@@H](CCc1ccccc1)N1C(=O)OC(=O)[C@@H]1C. The van der Waals surface area contributed by atoms with Gasteiger partial charge >= 0.3 is 18.0 Å². The van der Waals surface area contributed by atoms with Crippen LogP contribution in [0.5, 0.6) is 0 Å². The summed E-state index contributed by atoms with van der Waals surface area (Å²) in [5.41, 5.74) is 1.04. The minimum Gasteiger partial charge on any atom is -0.464 e. The van der Waals surface area contributed by atoms with Gasteiger partial charge in [0.05, 0.1) is 6.61 Å². The lowest BCUT2D eigenvalue weighted by atomic mass is 10.0. The molecule has 0 saturated carbocycles. The van der Waals surface area contributed by atoms with Gasteiger partial charge in [0.1, 0.15) is 12.1 Å². The van der Waals surface area contributed by atoms with Gasteiger partial charge in [-0.05, 0) is 32.3 Å². The van der Waals surface area contributed by atoms with E-state index < -0.39 is 30.1 Å². The number of amides is 1. The lowest BCUT2D eigenvalue weighted by Gasteiger charge is -2.26. The number of carbonyl (C=O) groups excluding carboxylic acids is 3. The predicted octanol–water partition coefficient (Wildman–Crippen LogP) is 1.92. The summed E-state index contributed by atoms with van der Waals surface area (Å²) in [6.07, 6.45) is 0.175. The van der Waals surface area contributed by atoms with Gasteiger partial charge in [0, 0.05) is 0 Å². The minimum atomic E-state index is -0.825. The normalized spacial score (nSPS) is 19.0. The third-order valence-corrected chi connectivity index (χ3v) is 3.60. The second kappa shape index (κ2) is 7.06. The molecule has 1 aliphatic heterocycles. The van der Waals surface area contributed by atoms with Crippen molar-refractivity contribution in [1.82, 2.24) is 4.90 Å². The molecular formula is C16H19NO5. The second-order valence-corrected chi connectivity index (χ2v) is 5.06. The van der Waals surface area contributed by atoms with Crippen LogP contribution in [0.3, 0.4) is 0 Å². The van der Waals surface area contributed by atoms with Crippen molar-refractivity contribution in [2.24, 2.45) is 0 Å². The number of hydrogen-bond acceptors (Lipinski definition) is 5. The Balaban J connectivity index is 2.14. The van der Waals surface area contributed by atoms with Crippen LogP contribution >= 0.6 is 0 Å². The minimum absolute atomic E-state index is 0.214. The van der Waals surface area contributed by atoms with Gasteiger partial charge in [-0.3, -0.25) is 4.90 Å². The molecule has 6 heteroatoms. The molecule has 1 amide bonds. The molecule has 1 aromatic carbocycles. The van der Waals surface area contributed by atoms with Gasteiger partial charge in [-0.15, -0.1) is 0 Å². The number of ether oxygens (including phenoxy) is 2. The Bertz CT molecular complexity index is 557. The van der Waals surface area contributed by atoms with Crippen molar-refractivity contribution in [2.45, 2.75) is 38.8 Å². The zero-order chi connectivity index (χ0) is 16.1. The molecule has 2 rings (SSSR count). The fourth-order valence-corrected chi connectivity index (χ4v) is 2.45. The summed E-state index contributed by atoms with van der Waals surface area (Å²) in [5.74, 6) is -1.16. The molecule has 0 bridgehead atoms. The van der Waals surface area contributed by atoms with E-state index in [1.807, 2.05) is 30.3 Å². The largest absolute Gasteiger partial charge is 0.464 e. The molecule has 0 spiro atoms. The van der Waals surface area contributed by atoms with Crippen LogP contribution in [0.2, 0.25) is 0 Å². The molecule has 1 aromatic rings. The van der Waals surface area contributed by atoms with E-state index in [2.05, 4.69) is 4.74 Å². The third kappa shape index (κ3) is 3.44. The number of aryl methyl sites for hydroxylation is 1. The lowest BCUT2D eigenvalue weighted by Crippen LogP contribution is -2.47. The highest BCUT2D eigenvalue weighted by atomic mass is 16.6. The van der Waals surface area contributed by atoms with Crippen LogP contribution in [-0.2, 0) is 25.5 Å². The number of benzene rings is 1. The first-order chi connectivity index (χ1) is 10.5. The van der Waals surface area contributed by atoms with Gasteiger partial charge in [-0.2, -0.15) is 0 Å². The average Bonchev–Trinajstić information content (AvgIpc) is 2.75. The van der Waals surface area contributed by atoms with Crippen molar-refractivity contribution >= 4 is 18.0 Å². The topological polar surface area (TPSA) is 72.9 Å². The van der Waals surface area contributed by atoms with Crippen LogP contribution in [0.4, 0.5) is 4.79 Å². The maximum atomic E-state index is 12.2. The monoisotopic (exact) mass is 305 g/mol. The molecule has 1 aliphatic rings. The molecule has 0 radical (unpaired) electrons. The van der Waals surface area contributed by atoms with Crippen LogP contribution in [0, 0.1) is 0 Å². The Morgan fingerprint density at radius 1 is 1.32 bits per heavy atom. The zero-order valence-electron chi connectivity index (χ0n) is 12.7. The fourth-order valence-electron chi connectivity index (χ4n) is 2.45. The van der Waals surface area contributed by atoms with E-state index in [4.69, 9.17) is 4.74 Å². The standard InChI is InChI=1S/C16H19NO5/c1-3-21-15(19)13(10-9-12-7-5-4-6-8-12)17-11(2)14(18)22-16(17)20/h4-8,11,13H,3,9-10H2,1-2H3/t11-,13+/m0/s1. The smallest absolute Gasteiger partial charge is 0.419 e. The molecule has 0 aromatic heterocycles. The Morgan fingerprint density at radius 3 is 2.55 bits per heavy atom. The van der Waals surface area contributed by atoms with Crippen molar-refractivity contribution in [1.29, 1.82) is 0 Å². The number of nitrogens with zero attached hydrogens (tertiary/aromatic N) is 1. The number of rotatable bonds is 6. The van der Waals surface area contributed by atoms with Gasteiger partial charge in [-0.1, -0.05) is 30.3 Å². The van der Waals surface area contributed by atoms with Crippen LogP contribution in [0.15, 0.2) is 30.3 Å². The summed E-state index contributed by atoms with van der Waals surface area (Å²) >= 11 is 0. The molecule has 0 aliphatic carbocycles. The van der Waals surface area contributed by atoms with E-state index in [9.17, 15) is 14.4 Å². The Kier molecular flexibility index (Phi) is 5.14. The maximum Gasteiger partial charge on any atom is 0.419 e. The van der Waals surface area contributed by atoms with E-state index >= 15 is 0 Å². The Labute approximate surface area is 129 Å². The quantitative estimate of drug-likeness (QED) is 0.593. The molecule has 1 fully saturated rings. The highest BCUT2D eigenvalue weighted by Gasteiger charge is 2.45. The highest BCUT2D eigenvalue weighted by molar-refractivity contribution is 5.97. The van der Waals surface area contributed by atoms with Crippen LogP contribution in [-0.4, -0.2) is 41.6 Å². The van der Waals surface area contributed by atoms with Gasteiger partial charge in [0.15, 0.2) is 0 Å². The second-order valence-electron chi connectivity index (χ2n) is 5.06. The average molecular weight is 305 g/mol. The molecule has 22 heavy (non-hydrogen) atoms. The first kappa shape index (κ1) is 16.0. The summed E-state index contributed by atoms with van der Waals surface area (Å²) in [4.78, 5) is 36.7. The van der Waals surface area contributed by atoms with Gasteiger partial charge < -0.3 is 9.47 Å². The summed E-state index contributed by atoms with van der Waals surface area (Å²) < 4.78 is 9.62. The maximum absolute atomic E-state index is 12.2. The van der Waals surface area contributed by atoms with Crippen molar-refractivity contribution in [3.05, 3.63) is 35.9 Å². The first-order valence-electron chi connectivity index (χ1n) is 7.29. The van der Waals surface area contributed by atoms with Crippen LogP contribution in [0.1, 0.15) is 25.8 Å². The molecule has 1 saturated heterocycles. The van der Waals surface area contributed by atoms with E-state index in [-0.39, 0.29) is 6.61 Å². The molecule has 1 heterocycles. The first-order valence-corrected chi connectivity index (χ1v) is 7.29. The molecule has 0 N–H and O–H groups in total. The fraction of sp³-hybridized carbons (Fsp3) is 0.438.